The summed E-state index contributed by atoms with van der Waals surface area (Å²) in [7, 11) is 0. The van der Waals surface area contributed by atoms with Crippen LogP contribution in [0.25, 0.3) is 0 Å². The quantitative estimate of drug-likeness (QED) is 0.393. The second kappa shape index (κ2) is 9.28. The third-order valence-corrected chi connectivity index (χ3v) is 3.95. The molecule has 0 aliphatic rings. The molecule has 0 fully saturated rings. The van der Waals surface area contributed by atoms with Gasteiger partial charge in [0, 0.05) is 24.4 Å². The van der Waals surface area contributed by atoms with E-state index in [-0.39, 0.29) is 36.6 Å². The van der Waals surface area contributed by atoms with Crippen molar-refractivity contribution in [2.24, 2.45) is 0 Å². The number of nitro groups is 1. The summed E-state index contributed by atoms with van der Waals surface area (Å²) in [6.45, 7) is 3.64. The lowest BCUT2D eigenvalue weighted by Gasteiger charge is -2.23. The number of aryl methyl sites for hydroxylation is 2. The lowest BCUT2D eigenvalue weighted by molar-refractivity contribution is -0.384. The summed E-state index contributed by atoms with van der Waals surface area (Å²) in [6.07, 6.45) is 0.583. The number of carbonyl (C=O) groups excluding carboxylic acids is 2. The maximum atomic E-state index is 12.7. The average molecular weight is 381 g/mol. The SMILES string of the molecule is Cc1cc(C)cc(N(CCC#N)C(=O)COc2ccc([N+](=O)[O-])cc2C=O)c1. The Labute approximate surface area is 162 Å². The van der Waals surface area contributed by atoms with Crippen molar-refractivity contribution in [1.29, 1.82) is 5.26 Å². The van der Waals surface area contributed by atoms with E-state index in [0.717, 1.165) is 17.2 Å². The van der Waals surface area contributed by atoms with Gasteiger partial charge in [-0.1, -0.05) is 6.07 Å². The van der Waals surface area contributed by atoms with Gasteiger partial charge >= 0.3 is 0 Å². The monoisotopic (exact) mass is 381 g/mol. The molecule has 0 radical (unpaired) electrons. The number of carbonyl (C=O) groups is 2. The first-order chi connectivity index (χ1) is 13.3. The molecule has 0 atom stereocenters. The van der Waals surface area contributed by atoms with E-state index < -0.39 is 10.8 Å². The highest BCUT2D eigenvalue weighted by Gasteiger charge is 2.18. The van der Waals surface area contributed by atoms with Gasteiger partial charge in [0.25, 0.3) is 11.6 Å². The molecule has 28 heavy (non-hydrogen) atoms. The van der Waals surface area contributed by atoms with E-state index in [1.807, 2.05) is 38.1 Å². The minimum Gasteiger partial charge on any atom is -0.483 e. The number of hydrogen-bond acceptors (Lipinski definition) is 6. The van der Waals surface area contributed by atoms with E-state index in [1.165, 1.54) is 17.0 Å². The number of aldehydes is 1. The number of nitriles is 1. The van der Waals surface area contributed by atoms with Gasteiger partial charge in [0.1, 0.15) is 5.75 Å². The highest BCUT2D eigenvalue weighted by molar-refractivity contribution is 5.94. The normalized spacial score (nSPS) is 10.0. The first kappa shape index (κ1) is 20.6. The number of nitrogens with zero attached hydrogens (tertiary/aromatic N) is 3. The van der Waals surface area contributed by atoms with Crippen LogP contribution in [0, 0.1) is 35.3 Å². The van der Waals surface area contributed by atoms with Gasteiger partial charge in [-0.2, -0.15) is 5.26 Å². The highest BCUT2D eigenvalue weighted by Crippen LogP contribution is 2.24. The second-order valence-electron chi connectivity index (χ2n) is 6.19. The Balaban J connectivity index is 2.21. The van der Waals surface area contributed by atoms with Crippen molar-refractivity contribution < 1.29 is 19.2 Å². The lowest BCUT2D eigenvalue weighted by atomic mass is 10.1. The smallest absolute Gasteiger partial charge is 0.270 e. The van der Waals surface area contributed by atoms with Gasteiger partial charge in [-0.3, -0.25) is 19.7 Å². The van der Waals surface area contributed by atoms with E-state index in [2.05, 4.69) is 0 Å². The number of anilines is 1. The van der Waals surface area contributed by atoms with Crippen molar-refractivity contribution >= 4 is 23.6 Å². The molecule has 0 N–H and O–H groups in total. The maximum absolute atomic E-state index is 12.7. The summed E-state index contributed by atoms with van der Waals surface area (Å²) in [5.74, 6) is -0.315. The Morgan fingerprint density at radius 3 is 2.50 bits per heavy atom. The largest absolute Gasteiger partial charge is 0.483 e. The fourth-order valence-electron chi connectivity index (χ4n) is 2.76. The van der Waals surface area contributed by atoms with Crippen LogP contribution in [-0.4, -0.2) is 30.3 Å². The molecule has 0 aliphatic heterocycles. The van der Waals surface area contributed by atoms with Gasteiger partial charge in [-0.05, 0) is 43.2 Å². The Morgan fingerprint density at radius 2 is 1.93 bits per heavy atom. The van der Waals surface area contributed by atoms with Crippen molar-refractivity contribution in [3.8, 4) is 11.8 Å². The molecule has 0 bridgehead atoms. The lowest BCUT2D eigenvalue weighted by Crippen LogP contribution is -2.36. The number of non-ortho nitro benzene ring substituents is 1. The maximum Gasteiger partial charge on any atom is 0.270 e. The summed E-state index contributed by atoms with van der Waals surface area (Å²) >= 11 is 0. The molecule has 0 heterocycles. The minimum absolute atomic E-state index is 0.0167. The highest BCUT2D eigenvalue weighted by atomic mass is 16.6. The van der Waals surface area contributed by atoms with Crippen LogP contribution in [0.3, 0.4) is 0 Å². The fourth-order valence-corrected chi connectivity index (χ4v) is 2.76. The molecule has 0 unspecified atom stereocenters. The zero-order valence-electron chi connectivity index (χ0n) is 15.5. The molecule has 2 aromatic carbocycles. The van der Waals surface area contributed by atoms with Crippen LogP contribution in [0.1, 0.15) is 27.9 Å². The number of amides is 1. The summed E-state index contributed by atoms with van der Waals surface area (Å²) in [5.41, 5.74) is 2.35. The third kappa shape index (κ3) is 5.14. The summed E-state index contributed by atoms with van der Waals surface area (Å²) in [5, 5.41) is 19.7. The standard InChI is InChI=1S/C20H19N3O5/c1-14-8-15(2)10-18(9-14)22(7-3-6-21)20(25)13-28-19-5-4-17(23(26)27)11-16(19)12-24/h4-5,8-12H,3,7,13H2,1-2H3. The van der Waals surface area contributed by atoms with Gasteiger partial charge in [0.15, 0.2) is 12.9 Å². The van der Waals surface area contributed by atoms with Crippen LogP contribution in [0.5, 0.6) is 5.75 Å². The molecule has 8 nitrogen and oxygen atoms in total. The van der Waals surface area contributed by atoms with Gasteiger partial charge in [0.2, 0.25) is 0 Å². The number of ether oxygens (including phenoxy) is 1. The predicted molar refractivity (Wildman–Crippen MR) is 102 cm³/mol. The summed E-state index contributed by atoms with van der Waals surface area (Å²) in [4.78, 5) is 35.5. The molecule has 0 aliphatic carbocycles. The van der Waals surface area contributed by atoms with E-state index in [4.69, 9.17) is 10.00 Å². The molecular weight excluding hydrogens is 362 g/mol. The molecule has 0 aromatic heterocycles. The third-order valence-electron chi connectivity index (χ3n) is 3.95. The summed E-state index contributed by atoms with van der Waals surface area (Å²) in [6, 6.07) is 11.2. The molecule has 0 spiro atoms. The van der Waals surface area contributed by atoms with Crippen LogP contribution < -0.4 is 9.64 Å². The first-order valence-corrected chi connectivity index (χ1v) is 8.47. The van der Waals surface area contributed by atoms with Crippen molar-refractivity contribution in [2.45, 2.75) is 20.3 Å². The van der Waals surface area contributed by atoms with E-state index in [0.29, 0.717) is 12.0 Å². The topological polar surface area (TPSA) is 114 Å². The minimum atomic E-state index is -0.619. The molecular formula is C20H19N3O5. The van der Waals surface area contributed by atoms with E-state index in [1.54, 1.807) is 0 Å². The molecule has 0 saturated heterocycles. The molecule has 144 valence electrons. The van der Waals surface area contributed by atoms with E-state index >= 15 is 0 Å². The predicted octanol–water partition coefficient (Wildman–Crippen LogP) is 3.35. The van der Waals surface area contributed by atoms with Crippen LogP contribution >= 0.6 is 0 Å². The Bertz CT molecular complexity index is 929. The van der Waals surface area contributed by atoms with Gasteiger partial charge < -0.3 is 9.64 Å². The summed E-state index contributed by atoms with van der Waals surface area (Å²) < 4.78 is 5.44. The van der Waals surface area contributed by atoms with Crippen LogP contribution in [-0.2, 0) is 4.79 Å². The number of rotatable bonds is 8. The molecule has 2 rings (SSSR count). The number of hydrogen-bond donors (Lipinski definition) is 0. The molecule has 8 heteroatoms. The van der Waals surface area contributed by atoms with Crippen molar-refractivity contribution in [3.63, 3.8) is 0 Å². The van der Waals surface area contributed by atoms with Crippen LogP contribution in [0.2, 0.25) is 0 Å². The fraction of sp³-hybridized carbons (Fsp3) is 0.250. The number of benzene rings is 2. The molecule has 1 amide bonds. The Morgan fingerprint density at radius 1 is 1.25 bits per heavy atom. The molecule has 0 saturated carbocycles. The van der Waals surface area contributed by atoms with Crippen LogP contribution in [0.4, 0.5) is 11.4 Å². The van der Waals surface area contributed by atoms with Crippen molar-refractivity contribution in [3.05, 3.63) is 63.2 Å². The first-order valence-electron chi connectivity index (χ1n) is 8.47. The second-order valence-corrected chi connectivity index (χ2v) is 6.19. The van der Waals surface area contributed by atoms with E-state index in [9.17, 15) is 19.7 Å². The van der Waals surface area contributed by atoms with Gasteiger partial charge in [-0.25, -0.2) is 0 Å². The zero-order valence-corrected chi connectivity index (χ0v) is 15.5. The Kier molecular flexibility index (Phi) is 6.82. The van der Waals surface area contributed by atoms with Crippen LogP contribution in [0.15, 0.2) is 36.4 Å². The van der Waals surface area contributed by atoms with Crippen molar-refractivity contribution in [2.75, 3.05) is 18.1 Å². The Hall–Kier alpha value is -3.73. The average Bonchev–Trinajstić information content (AvgIpc) is 2.65. The van der Waals surface area contributed by atoms with Gasteiger partial charge in [-0.15, -0.1) is 0 Å². The zero-order chi connectivity index (χ0) is 20.7. The molecule has 2 aromatic rings. The van der Waals surface area contributed by atoms with Crippen molar-refractivity contribution in [1.82, 2.24) is 0 Å². The van der Waals surface area contributed by atoms with Gasteiger partial charge in [0.05, 0.1) is 23.0 Å². The number of nitro benzene ring substituents is 1.